The van der Waals surface area contributed by atoms with Gasteiger partial charge in [-0.3, -0.25) is 9.36 Å². The second-order valence-electron chi connectivity index (χ2n) is 8.30. The van der Waals surface area contributed by atoms with Crippen LogP contribution in [0.3, 0.4) is 0 Å². The average molecular weight is 498 g/mol. The van der Waals surface area contributed by atoms with Gasteiger partial charge in [0.15, 0.2) is 5.16 Å². The van der Waals surface area contributed by atoms with E-state index in [0.29, 0.717) is 18.7 Å². The van der Waals surface area contributed by atoms with Crippen molar-refractivity contribution >= 4 is 29.4 Å². The molecular formula is C25H31N5O2S2. The fourth-order valence-corrected chi connectivity index (χ4v) is 5.88. The van der Waals surface area contributed by atoms with Crippen molar-refractivity contribution in [2.45, 2.75) is 48.7 Å². The maximum Gasteiger partial charge on any atom is 0.230 e. The Kier molecular flexibility index (Phi) is 9.27. The number of benzene rings is 1. The summed E-state index contributed by atoms with van der Waals surface area (Å²) in [4.78, 5) is 16.5. The fourth-order valence-electron chi connectivity index (χ4n) is 4.03. The molecule has 1 fully saturated rings. The number of nitrogens with one attached hydrogen (secondary N) is 1. The number of hydrogen-bond acceptors (Lipinski definition) is 7. The highest BCUT2D eigenvalue weighted by atomic mass is 32.2. The van der Waals surface area contributed by atoms with E-state index < -0.39 is 0 Å². The molecule has 1 saturated carbocycles. The van der Waals surface area contributed by atoms with Gasteiger partial charge in [-0.2, -0.15) is 0 Å². The van der Waals surface area contributed by atoms with Crippen molar-refractivity contribution in [1.29, 1.82) is 0 Å². The van der Waals surface area contributed by atoms with Crippen LogP contribution in [-0.2, 0) is 11.2 Å². The zero-order valence-electron chi connectivity index (χ0n) is 19.5. The Bertz CT molecular complexity index is 1040. The summed E-state index contributed by atoms with van der Waals surface area (Å²) in [6.07, 6.45) is 8.97. The molecule has 1 aromatic carbocycles. The quantitative estimate of drug-likeness (QED) is 0.381. The van der Waals surface area contributed by atoms with Gasteiger partial charge in [-0.1, -0.05) is 48.9 Å². The van der Waals surface area contributed by atoms with Crippen LogP contribution >= 0.6 is 23.5 Å². The van der Waals surface area contributed by atoms with Crippen molar-refractivity contribution < 1.29 is 9.53 Å². The Labute approximate surface area is 209 Å². The number of carbonyl (C=O) groups excluding carboxylic acids is 1. The first-order valence-corrected chi connectivity index (χ1v) is 13.7. The van der Waals surface area contributed by atoms with Gasteiger partial charge in [0, 0.05) is 30.6 Å². The lowest BCUT2D eigenvalue weighted by Crippen LogP contribution is -2.28. The average Bonchev–Trinajstić information content (AvgIpc) is 3.30. The Morgan fingerprint density at radius 3 is 2.65 bits per heavy atom. The van der Waals surface area contributed by atoms with E-state index in [-0.39, 0.29) is 5.91 Å². The van der Waals surface area contributed by atoms with Gasteiger partial charge in [-0.15, -0.1) is 10.2 Å². The number of nitrogens with zero attached hydrogens (tertiary/aromatic N) is 4. The molecule has 9 heteroatoms. The van der Waals surface area contributed by atoms with Gasteiger partial charge in [-0.25, -0.2) is 4.98 Å². The summed E-state index contributed by atoms with van der Waals surface area (Å²) < 4.78 is 7.43. The van der Waals surface area contributed by atoms with Gasteiger partial charge in [0.25, 0.3) is 0 Å². The van der Waals surface area contributed by atoms with Crippen LogP contribution < -0.4 is 10.1 Å². The smallest absolute Gasteiger partial charge is 0.230 e. The molecule has 2 heterocycles. The molecule has 180 valence electrons. The third-order valence-electron chi connectivity index (χ3n) is 5.86. The SMILES string of the molecule is COc1ccc(-n2c(CCNC(=O)CSc3ccccn3)nnc2SCC2CCCCC2)cc1. The van der Waals surface area contributed by atoms with E-state index in [1.807, 2.05) is 42.5 Å². The lowest BCUT2D eigenvalue weighted by Gasteiger charge is -2.20. The second-order valence-corrected chi connectivity index (χ2v) is 10.3. The molecule has 0 bridgehead atoms. The summed E-state index contributed by atoms with van der Waals surface area (Å²) in [5, 5.41) is 13.7. The minimum absolute atomic E-state index is 0.0157. The molecule has 0 saturated heterocycles. The summed E-state index contributed by atoms with van der Waals surface area (Å²) in [7, 11) is 1.67. The molecule has 1 N–H and O–H groups in total. The number of carbonyl (C=O) groups is 1. The van der Waals surface area contributed by atoms with Gasteiger partial charge in [0.05, 0.1) is 17.9 Å². The number of hydrogen-bond donors (Lipinski definition) is 1. The number of methoxy groups -OCH3 is 1. The lowest BCUT2D eigenvalue weighted by molar-refractivity contribution is -0.118. The Morgan fingerprint density at radius 2 is 1.91 bits per heavy atom. The number of aromatic nitrogens is 4. The Hall–Kier alpha value is -2.52. The molecule has 34 heavy (non-hydrogen) atoms. The molecule has 1 amide bonds. The molecule has 1 aliphatic rings. The third-order valence-corrected chi connectivity index (χ3v) is 7.97. The predicted octanol–water partition coefficient (Wildman–Crippen LogP) is 4.79. The summed E-state index contributed by atoms with van der Waals surface area (Å²) in [5.74, 6) is 3.79. The summed E-state index contributed by atoms with van der Waals surface area (Å²) in [6.45, 7) is 0.503. The minimum atomic E-state index is -0.0157. The topological polar surface area (TPSA) is 81.9 Å². The molecule has 4 rings (SSSR count). The second kappa shape index (κ2) is 12.8. The van der Waals surface area contributed by atoms with Gasteiger partial charge in [0.1, 0.15) is 11.6 Å². The van der Waals surface area contributed by atoms with Gasteiger partial charge >= 0.3 is 0 Å². The first kappa shape index (κ1) is 24.6. The molecular weight excluding hydrogens is 466 g/mol. The first-order chi connectivity index (χ1) is 16.7. The summed E-state index contributed by atoms with van der Waals surface area (Å²) in [6, 6.07) is 13.6. The molecule has 0 spiro atoms. The largest absolute Gasteiger partial charge is 0.497 e. The molecule has 2 aromatic heterocycles. The number of ether oxygens (including phenoxy) is 1. The third kappa shape index (κ3) is 6.99. The van der Waals surface area contributed by atoms with Crippen molar-refractivity contribution in [2.75, 3.05) is 25.2 Å². The van der Waals surface area contributed by atoms with E-state index >= 15 is 0 Å². The van der Waals surface area contributed by atoms with Crippen LogP contribution in [0.2, 0.25) is 0 Å². The van der Waals surface area contributed by atoms with Gasteiger partial charge in [-0.05, 0) is 55.2 Å². The lowest BCUT2D eigenvalue weighted by atomic mass is 9.91. The maximum absolute atomic E-state index is 12.3. The van der Waals surface area contributed by atoms with Crippen molar-refractivity contribution in [3.05, 3.63) is 54.5 Å². The molecule has 0 radical (unpaired) electrons. The van der Waals surface area contributed by atoms with E-state index in [4.69, 9.17) is 4.74 Å². The van der Waals surface area contributed by atoms with E-state index in [1.165, 1.54) is 43.9 Å². The highest BCUT2D eigenvalue weighted by molar-refractivity contribution is 8.00. The van der Waals surface area contributed by atoms with Crippen LogP contribution in [0.15, 0.2) is 58.8 Å². The van der Waals surface area contributed by atoms with Crippen LogP contribution in [0.1, 0.15) is 37.9 Å². The van der Waals surface area contributed by atoms with E-state index in [1.54, 1.807) is 25.1 Å². The van der Waals surface area contributed by atoms with Crippen LogP contribution in [0, 0.1) is 5.92 Å². The molecule has 0 aliphatic heterocycles. The standard InChI is InChI=1S/C25H31N5O2S2/c1-32-21-12-10-20(11-13-21)30-22(28-29-25(30)34-17-19-7-3-2-4-8-19)14-16-26-23(31)18-33-24-9-5-6-15-27-24/h5-6,9-13,15,19H,2-4,7-8,14,16-18H2,1H3,(H,26,31). The van der Waals surface area contributed by atoms with Crippen LogP contribution in [0.25, 0.3) is 5.69 Å². The zero-order valence-corrected chi connectivity index (χ0v) is 21.1. The minimum Gasteiger partial charge on any atom is -0.497 e. The van der Waals surface area contributed by atoms with Crippen LogP contribution in [-0.4, -0.2) is 50.8 Å². The first-order valence-electron chi connectivity index (χ1n) is 11.7. The van der Waals surface area contributed by atoms with Crippen molar-refractivity contribution in [3.8, 4) is 11.4 Å². The van der Waals surface area contributed by atoms with Crippen LogP contribution in [0.5, 0.6) is 5.75 Å². The fraction of sp³-hybridized carbons (Fsp3) is 0.440. The predicted molar refractivity (Wildman–Crippen MR) is 137 cm³/mol. The van der Waals surface area contributed by atoms with Crippen molar-refractivity contribution in [1.82, 2.24) is 25.1 Å². The monoisotopic (exact) mass is 497 g/mol. The molecule has 7 nitrogen and oxygen atoms in total. The molecule has 3 aromatic rings. The zero-order chi connectivity index (χ0) is 23.6. The van der Waals surface area contributed by atoms with Gasteiger partial charge in [0.2, 0.25) is 5.91 Å². The number of pyridine rings is 1. The van der Waals surface area contributed by atoms with Crippen LogP contribution in [0.4, 0.5) is 0 Å². The van der Waals surface area contributed by atoms with Crippen molar-refractivity contribution in [3.63, 3.8) is 0 Å². The summed E-state index contributed by atoms with van der Waals surface area (Å²) in [5.41, 5.74) is 1.00. The Morgan fingerprint density at radius 1 is 1.09 bits per heavy atom. The highest BCUT2D eigenvalue weighted by Gasteiger charge is 2.19. The summed E-state index contributed by atoms with van der Waals surface area (Å²) >= 11 is 3.22. The molecule has 1 aliphatic carbocycles. The normalized spacial score (nSPS) is 14.1. The Balaban J connectivity index is 1.38. The van der Waals surface area contributed by atoms with E-state index in [2.05, 4.69) is 25.1 Å². The van der Waals surface area contributed by atoms with Crippen molar-refractivity contribution in [2.24, 2.45) is 5.92 Å². The van der Waals surface area contributed by atoms with E-state index in [9.17, 15) is 4.79 Å². The van der Waals surface area contributed by atoms with E-state index in [0.717, 1.165) is 39.1 Å². The number of amides is 1. The van der Waals surface area contributed by atoms with Gasteiger partial charge < -0.3 is 10.1 Å². The number of thioether (sulfide) groups is 2. The number of rotatable bonds is 11. The maximum atomic E-state index is 12.3. The molecule has 0 atom stereocenters. The highest BCUT2D eigenvalue weighted by Crippen LogP contribution is 2.31. The molecule has 0 unspecified atom stereocenters.